The lowest BCUT2D eigenvalue weighted by molar-refractivity contribution is -0.154. The maximum absolute atomic E-state index is 12.5. The van der Waals surface area contributed by atoms with Gasteiger partial charge in [0.15, 0.2) is 0 Å². The van der Waals surface area contributed by atoms with Crippen LogP contribution >= 0.6 is 0 Å². The predicted octanol–water partition coefficient (Wildman–Crippen LogP) is 1.89. The summed E-state index contributed by atoms with van der Waals surface area (Å²) in [6, 6.07) is 8.27. The summed E-state index contributed by atoms with van der Waals surface area (Å²) < 4.78 is 32.6. The Bertz CT molecular complexity index is 811. The SMILES string of the molecule is CCS(=O)(=O)N1CCC2(CC1)OC(CC(=O)N1CCC1)Cc1ccccc12. The number of carbonyl (C=O) groups is 1. The number of fused-ring (bicyclic) bond motifs is 2. The fraction of sp³-hybridized carbons (Fsp3) is 0.650. The van der Waals surface area contributed by atoms with E-state index >= 15 is 0 Å². The molecule has 1 amide bonds. The first-order chi connectivity index (χ1) is 12.9. The highest BCUT2D eigenvalue weighted by Gasteiger charge is 2.45. The Kier molecular flexibility index (Phi) is 5.03. The number of sulfonamides is 1. The number of hydrogen-bond donors (Lipinski definition) is 0. The lowest BCUT2D eigenvalue weighted by Gasteiger charge is -2.47. The van der Waals surface area contributed by atoms with Crippen LogP contribution in [0.2, 0.25) is 0 Å². The Balaban J connectivity index is 1.55. The molecule has 0 aromatic heterocycles. The average molecular weight is 393 g/mol. The summed E-state index contributed by atoms with van der Waals surface area (Å²) in [5, 5.41) is 0. The molecule has 4 rings (SSSR count). The Hall–Kier alpha value is -1.44. The summed E-state index contributed by atoms with van der Waals surface area (Å²) in [5.41, 5.74) is 1.93. The van der Waals surface area contributed by atoms with Gasteiger partial charge in [-0.3, -0.25) is 4.79 Å². The van der Waals surface area contributed by atoms with Crippen molar-refractivity contribution in [1.29, 1.82) is 0 Å². The minimum Gasteiger partial charge on any atom is -0.366 e. The molecule has 0 saturated carbocycles. The molecule has 0 N–H and O–H groups in total. The molecule has 0 radical (unpaired) electrons. The molecule has 3 aliphatic rings. The number of nitrogens with zero attached hydrogens (tertiary/aromatic N) is 2. The quantitative estimate of drug-likeness (QED) is 0.785. The second kappa shape index (κ2) is 7.18. The zero-order valence-electron chi connectivity index (χ0n) is 15.9. The maximum atomic E-state index is 12.5. The van der Waals surface area contributed by atoms with Gasteiger partial charge in [0.25, 0.3) is 0 Å². The molecule has 0 aliphatic carbocycles. The molecule has 1 aromatic carbocycles. The van der Waals surface area contributed by atoms with Gasteiger partial charge >= 0.3 is 0 Å². The van der Waals surface area contributed by atoms with Crippen molar-refractivity contribution in [3.05, 3.63) is 35.4 Å². The van der Waals surface area contributed by atoms with E-state index in [1.807, 2.05) is 17.0 Å². The monoisotopic (exact) mass is 392 g/mol. The second-order valence-electron chi connectivity index (χ2n) is 7.83. The molecule has 148 valence electrons. The first kappa shape index (κ1) is 18.9. The van der Waals surface area contributed by atoms with Crippen molar-refractivity contribution < 1.29 is 17.9 Å². The Labute approximate surface area is 161 Å². The van der Waals surface area contributed by atoms with Crippen LogP contribution in [0.5, 0.6) is 0 Å². The molecule has 2 saturated heterocycles. The van der Waals surface area contributed by atoms with Crippen LogP contribution in [-0.2, 0) is 31.6 Å². The van der Waals surface area contributed by atoms with Gasteiger partial charge in [0, 0.05) is 26.2 Å². The predicted molar refractivity (Wildman–Crippen MR) is 103 cm³/mol. The van der Waals surface area contributed by atoms with E-state index in [1.54, 1.807) is 11.2 Å². The third kappa shape index (κ3) is 3.52. The molecule has 2 fully saturated rings. The summed E-state index contributed by atoms with van der Waals surface area (Å²) in [6.45, 7) is 4.34. The molecule has 3 aliphatic heterocycles. The molecule has 1 unspecified atom stereocenters. The zero-order valence-corrected chi connectivity index (χ0v) is 16.7. The molecule has 1 aromatic rings. The van der Waals surface area contributed by atoms with E-state index in [-0.39, 0.29) is 17.8 Å². The van der Waals surface area contributed by atoms with Gasteiger partial charge in [0.1, 0.15) is 0 Å². The van der Waals surface area contributed by atoms with Crippen LogP contribution < -0.4 is 0 Å². The maximum Gasteiger partial charge on any atom is 0.225 e. The van der Waals surface area contributed by atoms with Crippen LogP contribution in [0.3, 0.4) is 0 Å². The standard InChI is InChI=1S/C20H28N2O4S/c1-2-27(24,25)22-12-8-20(9-13-22)18-7-4-3-6-16(18)14-17(26-20)15-19(23)21-10-5-11-21/h3-4,6-7,17H,2,5,8-15H2,1H3. The van der Waals surface area contributed by atoms with E-state index in [1.165, 1.54) is 11.1 Å². The van der Waals surface area contributed by atoms with E-state index in [9.17, 15) is 13.2 Å². The lowest BCUT2D eigenvalue weighted by Crippen LogP contribution is -2.51. The number of carbonyl (C=O) groups excluding carboxylic acids is 1. The van der Waals surface area contributed by atoms with Gasteiger partial charge in [-0.15, -0.1) is 0 Å². The number of piperidine rings is 1. The van der Waals surface area contributed by atoms with Crippen LogP contribution in [0, 0.1) is 0 Å². The number of benzene rings is 1. The van der Waals surface area contributed by atoms with Crippen molar-refractivity contribution >= 4 is 15.9 Å². The van der Waals surface area contributed by atoms with Gasteiger partial charge < -0.3 is 9.64 Å². The second-order valence-corrected chi connectivity index (χ2v) is 10.1. The van der Waals surface area contributed by atoms with Gasteiger partial charge in [-0.1, -0.05) is 24.3 Å². The molecule has 3 heterocycles. The summed E-state index contributed by atoms with van der Waals surface area (Å²) in [7, 11) is -3.18. The van der Waals surface area contributed by atoms with Gasteiger partial charge in [0.05, 0.1) is 23.9 Å². The topological polar surface area (TPSA) is 66.9 Å². The Morgan fingerprint density at radius 1 is 1.19 bits per heavy atom. The molecule has 1 atom stereocenters. The normalized spacial score (nSPS) is 25.1. The highest BCUT2D eigenvalue weighted by molar-refractivity contribution is 7.89. The largest absolute Gasteiger partial charge is 0.366 e. The van der Waals surface area contributed by atoms with Crippen LogP contribution in [0.25, 0.3) is 0 Å². The number of rotatable bonds is 4. The van der Waals surface area contributed by atoms with Crippen molar-refractivity contribution in [2.24, 2.45) is 0 Å². The van der Waals surface area contributed by atoms with Crippen molar-refractivity contribution in [3.63, 3.8) is 0 Å². The minimum atomic E-state index is -3.18. The lowest BCUT2D eigenvalue weighted by atomic mass is 9.78. The summed E-state index contributed by atoms with van der Waals surface area (Å²) in [4.78, 5) is 14.4. The summed E-state index contributed by atoms with van der Waals surface area (Å²) in [5.74, 6) is 0.302. The van der Waals surface area contributed by atoms with Crippen LogP contribution in [0.1, 0.15) is 43.7 Å². The van der Waals surface area contributed by atoms with Crippen molar-refractivity contribution in [2.75, 3.05) is 31.9 Å². The van der Waals surface area contributed by atoms with Gasteiger partial charge in [-0.05, 0) is 43.7 Å². The number of hydrogen-bond acceptors (Lipinski definition) is 4. The first-order valence-electron chi connectivity index (χ1n) is 9.95. The molecule has 27 heavy (non-hydrogen) atoms. The minimum absolute atomic E-state index is 0.129. The fourth-order valence-corrected chi connectivity index (χ4v) is 5.61. The third-order valence-electron chi connectivity index (χ3n) is 6.25. The van der Waals surface area contributed by atoms with E-state index in [0.29, 0.717) is 32.4 Å². The molecule has 6 nitrogen and oxygen atoms in total. The van der Waals surface area contributed by atoms with Crippen LogP contribution in [0.4, 0.5) is 0 Å². The van der Waals surface area contributed by atoms with Gasteiger partial charge in [0.2, 0.25) is 15.9 Å². The molecule has 1 spiro atoms. The highest BCUT2D eigenvalue weighted by atomic mass is 32.2. The number of amides is 1. The van der Waals surface area contributed by atoms with Crippen LogP contribution in [-0.4, -0.2) is 61.6 Å². The number of likely N-dealkylation sites (tertiary alicyclic amines) is 1. The van der Waals surface area contributed by atoms with E-state index < -0.39 is 15.6 Å². The van der Waals surface area contributed by atoms with Crippen LogP contribution in [0.15, 0.2) is 24.3 Å². The summed E-state index contributed by atoms with van der Waals surface area (Å²) in [6.07, 6.45) is 3.38. The molecule has 0 bridgehead atoms. The Morgan fingerprint density at radius 3 is 2.52 bits per heavy atom. The molecule has 7 heteroatoms. The Morgan fingerprint density at radius 2 is 1.89 bits per heavy atom. The molecular formula is C20H28N2O4S. The highest BCUT2D eigenvalue weighted by Crippen LogP contribution is 2.44. The first-order valence-corrected chi connectivity index (χ1v) is 11.6. The van der Waals surface area contributed by atoms with Gasteiger partial charge in [-0.25, -0.2) is 12.7 Å². The van der Waals surface area contributed by atoms with E-state index in [2.05, 4.69) is 12.1 Å². The van der Waals surface area contributed by atoms with Gasteiger partial charge in [-0.2, -0.15) is 0 Å². The van der Waals surface area contributed by atoms with E-state index in [0.717, 1.165) is 25.9 Å². The van der Waals surface area contributed by atoms with Crippen molar-refractivity contribution in [2.45, 2.75) is 50.7 Å². The zero-order chi connectivity index (χ0) is 19.1. The molecular weight excluding hydrogens is 364 g/mol. The fourth-order valence-electron chi connectivity index (χ4n) is 4.51. The summed E-state index contributed by atoms with van der Waals surface area (Å²) >= 11 is 0. The van der Waals surface area contributed by atoms with Crippen molar-refractivity contribution in [3.8, 4) is 0 Å². The van der Waals surface area contributed by atoms with E-state index in [4.69, 9.17) is 4.74 Å². The van der Waals surface area contributed by atoms with Crippen molar-refractivity contribution in [1.82, 2.24) is 9.21 Å². The third-order valence-corrected chi connectivity index (χ3v) is 8.13. The average Bonchev–Trinajstić information content (AvgIpc) is 2.60. The number of ether oxygens (including phenoxy) is 1. The smallest absolute Gasteiger partial charge is 0.225 e.